The lowest BCUT2D eigenvalue weighted by Crippen LogP contribution is -1.87. The first-order chi connectivity index (χ1) is 7.31. The number of nitrogens with zero attached hydrogens (tertiary/aromatic N) is 2. The van der Waals surface area contributed by atoms with Gasteiger partial charge in [0.2, 0.25) is 0 Å². The van der Waals surface area contributed by atoms with Crippen molar-refractivity contribution in [2.45, 2.75) is 0 Å². The summed E-state index contributed by atoms with van der Waals surface area (Å²) in [5.41, 5.74) is 2.13. The van der Waals surface area contributed by atoms with Gasteiger partial charge in [0.1, 0.15) is 11.8 Å². The molecule has 2 nitrogen and oxygen atoms in total. The molecule has 0 aliphatic rings. The van der Waals surface area contributed by atoms with Gasteiger partial charge in [-0.15, -0.1) is 0 Å². The molecule has 0 amide bonds. The van der Waals surface area contributed by atoms with Crippen LogP contribution in [-0.2, 0) is 0 Å². The van der Waals surface area contributed by atoms with Crippen LogP contribution in [0.15, 0.2) is 42.6 Å². The van der Waals surface area contributed by atoms with Crippen LogP contribution in [0.25, 0.3) is 11.1 Å². The molecule has 1 aromatic carbocycles. The van der Waals surface area contributed by atoms with Crippen LogP contribution in [0.2, 0.25) is 5.02 Å². The molecule has 0 fully saturated rings. The molecular weight excluding hydrogens is 208 g/mol. The lowest BCUT2D eigenvalue weighted by Gasteiger charge is -2.02. The Morgan fingerprint density at radius 1 is 1.20 bits per heavy atom. The van der Waals surface area contributed by atoms with Gasteiger partial charge in [0.15, 0.2) is 0 Å². The summed E-state index contributed by atoms with van der Waals surface area (Å²) in [6.07, 6.45) is 1.60. The van der Waals surface area contributed by atoms with Gasteiger partial charge in [-0.1, -0.05) is 23.7 Å². The van der Waals surface area contributed by atoms with E-state index >= 15 is 0 Å². The van der Waals surface area contributed by atoms with Gasteiger partial charge in [-0.3, -0.25) is 0 Å². The predicted octanol–water partition coefficient (Wildman–Crippen LogP) is 3.27. The number of rotatable bonds is 1. The minimum absolute atomic E-state index is 0.416. The maximum atomic E-state index is 8.90. The van der Waals surface area contributed by atoms with E-state index in [0.717, 1.165) is 11.1 Å². The molecule has 0 bridgehead atoms. The number of nitriles is 1. The van der Waals surface area contributed by atoms with Crippen molar-refractivity contribution < 1.29 is 0 Å². The first-order valence-electron chi connectivity index (χ1n) is 4.42. The SMILES string of the molecule is N#Cc1ncccc1-c1cccc(Cl)c1. The second-order valence-corrected chi connectivity index (χ2v) is 3.46. The van der Waals surface area contributed by atoms with Crippen LogP contribution in [0.4, 0.5) is 0 Å². The van der Waals surface area contributed by atoms with E-state index in [2.05, 4.69) is 11.1 Å². The Morgan fingerprint density at radius 3 is 2.80 bits per heavy atom. The summed E-state index contributed by atoms with van der Waals surface area (Å²) in [5.74, 6) is 0. The van der Waals surface area contributed by atoms with Crippen LogP contribution in [0.3, 0.4) is 0 Å². The average molecular weight is 215 g/mol. The molecule has 0 aliphatic heterocycles. The van der Waals surface area contributed by atoms with Crippen LogP contribution in [0.5, 0.6) is 0 Å². The van der Waals surface area contributed by atoms with Gasteiger partial charge < -0.3 is 0 Å². The Labute approximate surface area is 92.8 Å². The summed E-state index contributed by atoms with van der Waals surface area (Å²) in [5, 5.41) is 9.56. The van der Waals surface area contributed by atoms with Crippen molar-refractivity contribution >= 4 is 11.6 Å². The van der Waals surface area contributed by atoms with E-state index in [9.17, 15) is 0 Å². The van der Waals surface area contributed by atoms with Crippen LogP contribution < -0.4 is 0 Å². The lowest BCUT2D eigenvalue weighted by molar-refractivity contribution is 1.26. The zero-order chi connectivity index (χ0) is 10.7. The Hall–Kier alpha value is -1.85. The lowest BCUT2D eigenvalue weighted by atomic mass is 10.0. The maximum absolute atomic E-state index is 8.90. The van der Waals surface area contributed by atoms with Gasteiger partial charge in [0.25, 0.3) is 0 Å². The predicted molar refractivity (Wildman–Crippen MR) is 59.4 cm³/mol. The highest BCUT2D eigenvalue weighted by Gasteiger charge is 2.04. The topological polar surface area (TPSA) is 36.7 Å². The molecule has 0 aliphatic carbocycles. The molecule has 1 aromatic heterocycles. The number of halogens is 1. The molecule has 0 unspecified atom stereocenters. The Kier molecular flexibility index (Phi) is 2.66. The first kappa shape index (κ1) is 9.70. The van der Waals surface area contributed by atoms with E-state index < -0.39 is 0 Å². The van der Waals surface area contributed by atoms with E-state index in [0.29, 0.717) is 10.7 Å². The molecular formula is C12H7ClN2. The summed E-state index contributed by atoms with van der Waals surface area (Å²) in [7, 11) is 0. The van der Waals surface area contributed by atoms with E-state index in [1.54, 1.807) is 18.3 Å². The van der Waals surface area contributed by atoms with Crippen LogP contribution in [0.1, 0.15) is 5.69 Å². The van der Waals surface area contributed by atoms with Crippen LogP contribution in [-0.4, -0.2) is 4.98 Å². The Balaban J connectivity index is 2.60. The summed E-state index contributed by atoms with van der Waals surface area (Å²) < 4.78 is 0. The molecule has 0 spiro atoms. The van der Waals surface area contributed by atoms with Crippen LogP contribution >= 0.6 is 11.6 Å². The monoisotopic (exact) mass is 214 g/mol. The summed E-state index contributed by atoms with van der Waals surface area (Å²) in [6, 6.07) is 13.1. The van der Waals surface area contributed by atoms with Gasteiger partial charge in [-0.05, 0) is 29.8 Å². The molecule has 0 N–H and O–H groups in total. The fraction of sp³-hybridized carbons (Fsp3) is 0. The fourth-order valence-electron chi connectivity index (χ4n) is 1.38. The fourth-order valence-corrected chi connectivity index (χ4v) is 1.57. The second-order valence-electron chi connectivity index (χ2n) is 3.02. The average Bonchev–Trinajstić information content (AvgIpc) is 2.29. The van der Waals surface area contributed by atoms with Gasteiger partial charge in [0.05, 0.1) is 0 Å². The smallest absolute Gasteiger partial charge is 0.148 e. The largest absolute Gasteiger partial charge is 0.245 e. The zero-order valence-corrected chi connectivity index (χ0v) is 8.57. The van der Waals surface area contributed by atoms with Crippen LogP contribution in [0, 0.1) is 11.3 Å². The normalized spacial score (nSPS) is 9.60. The molecule has 0 radical (unpaired) electrons. The third-order valence-corrected chi connectivity index (χ3v) is 2.28. The van der Waals surface area contributed by atoms with E-state index in [1.807, 2.05) is 24.3 Å². The third kappa shape index (κ3) is 1.98. The van der Waals surface area contributed by atoms with Crippen molar-refractivity contribution in [2.24, 2.45) is 0 Å². The van der Waals surface area contributed by atoms with E-state index in [1.165, 1.54) is 0 Å². The first-order valence-corrected chi connectivity index (χ1v) is 4.80. The number of hydrogen-bond donors (Lipinski definition) is 0. The number of aromatic nitrogens is 1. The molecule has 72 valence electrons. The molecule has 2 aromatic rings. The van der Waals surface area contributed by atoms with Gasteiger partial charge in [0, 0.05) is 16.8 Å². The van der Waals surface area contributed by atoms with E-state index in [4.69, 9.17) is 16.9 Å². The quantitative estimate of drug-likeness (QED) is 0.731. The highest BCUT2D eigenvalue weighted by atomic mass is 35.5. The molecule has 0 atom stereocenters. The summed E-state index contributed by atoms with van der Waals surface area (Å²) in [4.78, 5) is 4.00. The Bertz CT molecular complexity index is 529. The molecule has 0 saturated heterocycles. The van der Waals surface area contributed by atoms with Crippen molar-refractivity contribution in [3.05, 3.63) is 53.3 Å². The minimum atomic E-state index is 0.416. The number of hydrogen-bond acceptors (Lipinski definition) is 2. The minimum Gasteiger partial charge on any atom is -0.245 e. The van der Waals surface area contributed by atoms with Crippen molar-refractivity contribution in [2.75, 3.05) is 0 Å². The highest BCUT2D eigenvalue weighted by molar-refractivity contribution is 6.30. The molecule has 1 heterocycles. The highest BCUT2D eigenvalue weighted by Crippen LogP contribution is 2.24. The van der Waals surface area contributed by atoms with Crippen molar-refractivity contribution in [3.63, 3.8) is 0 Å². The standard InChI is InChI=1S/C12H7ClN2/c13-10-4-1-3-9(7-10)11-5-2-6-15-12(11)8-14/h1-7H. The maximum Gasteiger partial charge on any atom is 0.148 e. The molecule has 2 rings (SSSR count). The summed E-state index contributed by atoms with van der Waals surface area (Å²) in [6.45, 7) is 0. The number of benzene rings is 1. The van der Waals surface area contributed by atoms with Crippen molar-refractivity contribution in [3.8, 4) is 17.2 Å². The molecule has 15 heavy (non-hydrogen) atoms. The second kappa shape index (κ2) is 4.12. The third-order valence-electron chi connectivity index (χ3n) is 2.05. The summed E-state index contributed by atoms with van der Waals surface area (Å²) >= 11 is 5.89. The van der Waals surface area contributed by atoms with Gasteiger partial charge >= 0.3 is 0 Å². The molecule has 3 heteroatoms. The van der Waals surface area contributed by atoms with Crippen molar-refractivity contribution in [1.29, 1.82) is 5.26 Å². The van der Waals surface area contributed by atoms with Gasteiger partial charge in [-0.2, -0.15) is 5.26 Å². The zero-order valence-electron chi connectivity index (χ0n) is 7.81. The number of pyridine rings is 1. The van der Waals surface area contributed by atoms with Gasteiger partial charge in [-0.25, -0.2) is 4.98 Å². The van der Waals surface area contributed by atoms with E-state index in [-0.39, 0.29) is 0 Å². The molecule has 0 saturated carbocycles. The Morgan fingerprint density at radius 2 is 2.07 bits per heavy atom. The van der Waals surface area contributed by atoms with Crippen molar-refractivity contribution in [1.82, 2.24) is 4.98 Å².